The van der Waals surface area contributed by atoms with E-state index in [1.807, 2.05) is 0 Å². The lowest BCUT2D eigenvalue weighted by Gasteiger charge is -2.14. The van der Waals surface area contributed by atoms with Gasteiger partial charge in [0, 0.05) is 25.0 Å². The third-order valence-corrected chi connectivity index (χ3v) is 3.25. The summed E-state index contributed by atoms with van der Waals surface area (Å²) in [5.41, 5.74) is 1.93. The Hall–Kier alpha value is -3.14. The average Bonchev–Trinajstić information content (AvgIpc) is 3.05. The first-order chi connectivity index (χ1) is 12.4. The van der Waals surface area contributed by atoms with Gasteiger partial charge in [0.25, 0.3) is 0 Å². The molecule has 8 nitrogen and oxygen atoms in total. The monoisotopic (exact) mass is 362 g/mol. The van der Waals surface area contributed by atoms with E-state index in [0.717, 1.165) is 0 Å². The van der Waals surface area contributed by atoms with Crippen molar-refractivity contribution in [3.63, 3.8) is 0 Å². The summed E-state index contributed by atoms with van der Waals surface area (Å²) in [4.78, 5) is 5.34. The second kappa shape index (κ2) is 7.40. The molecule has 0 aliphatic carbocycles. The van der Waals surface area contributed by atoms with E-state index in [1.165, 1.54) is 16.9 Å². The molecule has 0 saturated heterocycles. The summed E-state index contributed by atoms with van der Waals surface area (Å²) in [6, 6.07) is 7.84. The number of benzene rings is 1. The van der Waals surface area contributed by atoms with Gasteiger partial charge in [0.2, 0.25) is 5.82 Å². The van der Waals surface area contributed by atoms with Gasteiger partial charge in [-0.1, -0.05) is 0 Å². The van der Waals surface area contributed by atoms with Gasteiger partial charge in [0.1, 0.15) is 5.75 Å². The summed E-state index contributed by atoms with van der Waals surface area (Å²) in [6.07, 6.45) is -0.0594. The van der Waals surface area contributed by atoms with Gasteiger partial charge in [-0.3, -0.25) is 4.98 Å². The third kappa shape index (κ3) is 4.48. The van der Waals surface area contributed by atoms with E-state index in [1.54, 1.807) is 30.6 Å². The summed E-state index contributed by atoms with van der Waals surface area (Å²) in [5.74, 6) is 0.409. The molecule has 2 N–H and O–H groups in total. The number of pyridine rings is 1. The molecule has 0 bridgehead atoms. The Kier molecular flexibility index (Phi) is 5.03. The predicted molar refractivity (Wildman–Crippen MR) is 89.1 cm³/mol. The molecule has 2 heterocycles. The minimum atomic E-state index is -3.24. The maximum absolute atomic E-state index is 12.9. The summed E-state index contributed by atoms with van der Waals surface area (Å²) in [6.45, 7) is 0.818. The molecule has 0 amide bonds. The molecule has 0 spiro atoms. The van der Waals surface area contributed by atoms with Gasteiger partial charge in [0.15, 0.2) is 0 Å². The van der Waals surface area contributed by atoms with Crippen LogP contribution in [0.2, 0.25) is 0 Å². The molecule has 1 aromatic carbocycles. The van der Waals surface area contributed by atoms with Crippen LogP contribution >= 0.6 is 0 Å². The second-order valence-corrected chi connectivity index (χ2v) is 5.41. The van der Waals surface area contributed by atoms with E-state index in [2.05, 4.69) is 30.4 Å². The van der Waals surface area contributed by atoms with Crippen molar-refractivity contribution < 1.29 is 18.6 Å². The normalized spacial score (nSPS) is 11.4. The Morgan fingerprint density at radius 1 is 1.23 bits per heavy atom. The molecule has 136 valence electrons. The molecule has 0 aliphatic heterocycles. The molecule has 3 aromatic rings. The fourth-order valence-corrected chi connectivity index (χ4v) is 2.19. The Bertz CT molecular complexity index is 864. The van der Waals surface area contributed by atoms with Crippen molar-refractivity contribution in [1.29, 1.82) is 0 Å². The van der Waals surface area contributed by atoms with Crippen molar-refractivity contribution in [2.75, 3.05) is 11.9 Å². The standard InChI is InChI=1S/C16H16F2N6O2/c1-16(17,18)26-12-4-2-11(3-5-12)20-14-6-7-19-10-13(14)15-21-23-24(22-15)8-9-25/h2-7,10,25H,8-9H2,1H3,(H,19,20). The van der Waals surface area contributed by atoms with Crippen LogP contribution in [0.5, 0.6) is 5.75 Å². The largest absolute Gasteiger partial charge is 0.433 e. The van der Waals surface area contributed by atoms with Crippen molar-refractivity contribution in [1.82, 2.24) is 25.2 Å². The van der Waals surface area contributed by atoms with Crippen LogP contribution in [0, 0.1) is 0 Å². The first-order valence-electron chi connectivity index (χ1n) is 7.71. The molecule has 0 saturated carbocycles. The number of halogens is 2. The first kappa shape index (κ1) is 17.7. The molecule has 0 unspecified atom stereocenters. The van der Waals surface area contributed by atoms with E-state index in [-0.39, 0.29) is 18.9 Å². The minimum Gasteiger partial charge on any atom is -0.433 e. The minimum absolute atomic E-state index is 0.0617. The molecule has 0 fully saturated rings. The van der Waals surface area contributed by atoms with Crippen LogP contribution in [0.25, 0.3) is 11.4 Å². The van der Waals surface area contributed by atoms with E-state index in [9.17, 15) is 8.78 Å². The predicted octanol–water partition coefficient (Wildman–Crippen LogP) is 2.46. The van der Waals surface area contributed by atoms with Crippen LogP contribution in [0.15, 0.2) is 42.7 Å². The van der Waals surface area contributed by atoms with Crippen LogP contribution < -0.4 is 10.1 Å². The Morgan fingerprint density at radius 2 is 2.00 bits per heavy atom. The zero-order valence-corrected chi connectivity index (χ0v) is 13.8. The maximum atomic E-state index is 12.9. The number of aromatic nitrogens is 5. The van der Waals surface area contributed by atoms with E-state index in [0.29, 0.717) is 29.7 Å². The molecule has 0 radical (unpaired) electrons. The molecular formula is C16H16F2N6O2. The number of anilines is 2. The van der Waals surface area contributed by atoms with Crippen molar-refractivity contribution in [2.45, 2.75) is 19.6 Å². The number of hydrogen-bond acceptors (Lipinski definition) is 7. The fraction of sp³-hybridized carbons (Fsp3) is 0.250. The number of tetrazole rings is 1. The highest BCUT2D eigenvalue weighted by molar-refractivity contribution is 5.76. The van der Waals surface area contributed by atoms with E-state index < -0.39 is 6.11 Å². The molecule has 0 aliphatic rings. The van der Waals surface area contributed by atoms with Gasteiger partial charge < -0.3 is 15.2 Å². The number of nitrogens with one attached hydrogen (secondary N) is 1. The molecular weight excluding hydrogens is 346 g/mol. The lowest BCUT2D eigenvalue weighted by molar-refractivity contribution is -0.158. The van der Waals surface area contributed by atoms with Gasteiger partial charge in [-0.2, -0.15) is 13.6 Å². The number of nitrogens with zero attached hydrogens (tertiary/aromatic N) is 5. The van der Waals surface area contributed by atoms with Crippen molar-refractivity contribution in [2.24, 2.45) is 0 Å². The van der Waals surface area contributed by atoms with Crippen LogP contribution in [0.3, 0.4) is 0 Å². The third-order valence-electron chi connectivity index (χ3n) is 3.25. The number of alkyl halides is 2. The number of hydrogen-bond donors (Lipinski definition) is 2. The zero-order chi connectivity index (χ0) is 18.6. The van der Waals surface area contributed by atoms with Crippen LogP contribution in [-0.2, 0) is 6.54 Å². The summed E-state index contributed by atoms with van der Waals surface area (Å²) < 4.78 is 30.2. The van der Waals surface area contributed by atoms with Crippen LogP contribution in [0.1, 0.15) is 6.92 Å². The van der Waals surface area contributed by atoms with Gasteiger partial charge in [-0.25, -0.2) is 0 Å². The highest BCUT2D eigenvalue weighted by atomic mass is 19.3. The average molecular weight is 362 g/mol. The van der Waals surface area contributed by atoms with Crippen LogP contribution in [-0.4, -0.2) is 43.0 Å². The molecule has 2 aromatic heterocycles. The van der Waals surface area contributed by atoms with Gasteiger partial charge in [-0.15, -0.1) is 10.2 Å². The Balaban J connectivity index is 1.80. The molecule has 0 atom stereocenters. The molecule has 26 heavy (non-hydrogen) atoms. The van der Waals surface area contributed by atoms with Gasteiger partial charge in [-0.05, 0) is 35.5 Å². The van der Waals surface area contributed by atoms with Crippen LogP contribution in [0.4, 0.5) is 20.2 Å². The van der Waals surface area contributed by atoms with Gasteiger partial charge >= 0.3 is 6.11 Å². The van der Waals surface area contributed by atoms with Crippen molar-refractivity contribution >= 4 is 11.4 Å². The topological polar surface area (TPSA) is 98.0 Å². The van der Waals surface area contributed by atoms with Crippen molar-refractivity contribution in [3.05, 3.63) is 42.7 Å². The smallest absolute Gasteiger partial charge is 0.394 e. The molecule has 3 rings (SSSR count). The summed E-state index contributed by atoms with van der Waals surface area (Å²) >= 11 is 0. The highest BCUT2D eigenvalue weighted by Crippen LogP contribution is 2.28. The quantitative estimate of drug-likeness (QED) is 0.666. The maximum Gasteiger partial charge on any atom is 0.394 e. The molecule has 10 heteroatoms. The number of aliphatic hydroxyl groups is 1. The lowest BCUT2D eigenvalue weighted by Crippen LogP contribution is -2.18. The Morgan fingerprint density at radius 3 is 2.69 bits per heavy atom. The number of ether oxygens (including phenoxy) is 1. The number of aliphatic hydroxyl groups excluding tert-OH is 1. The summed E-state index contributed by atoms with van der Waals surface area (Å²) in [5, 5.41) is 24.1. The van der Waals surface area contributed by atoms with Gasteiger partial charge in [0.05, 0.1) is 24.4 Å². The lowest BCUT2D eigenvalue weighted by atomic mass is 10.2. The number of rotatable bonds is 7. The zero-order valence-electron chi connectivity index (χ0n) is 13.8. The SMILES string of the molecule is CC(F)(F)Oc1ccc(Nc2ccncc2-c2nnn(CCO)n2)cc1. The summed E-state index contributed by atoms with van der Waals surface area (Å²) in [7, 11) is 0. The van der Waals surface area contributed by atoms with Crippen molar-refractivity contribution in [3.8, 4) is 17.1 Å². The highest BCUT2D eigenvalue weighted by Gasteiger charge is 2.22. The van der Waals surface area contributed by atoms with E-state index in [4.69, 9.17) is 5.11 Å². The first-order valence-corrected chi connectivity index (χ1v) is 7.71. The van der Waals surface area contributed by atoms with E-state index >= 15 is 0 Å². The Labute approximate surface area is 147 Å². The fourth-order valence-electron chi connectivity index (χ4n) is 2.19. The second-order valence-electron chi connectivity index (χ2n) is 5.41.